The molecule has 0 saturated heterocycles. The molecule has 2 heterocycles. The summed E-state index contributed by atoms with van der Waals surface area (Å²) in [5.41, 5.74) is 4.54. The number of hydrogen-bond donors (Lipinski definition) is 0. The van der Waals surface area contributed by atoms with Gasteiger partial charge in [0.15, 0.2) is 0 Å². The third kappa shape index (κ3) is 3.14. The summed E-state index contributed by atoms with van der Waals surface area (Å²) in [5.74, 6) is 0. The molecule has 110 valence electrons. The summed E-state index contributed by atoms with van der Waals surface area (Å²) in [6, 6.07) is 14.6. The van der Waals surface area contributed by atoms with E-state index < -0.39 is 0 Å². The molecular formula is C19H19N3. The van der Waals surface area contributed by atoms with Crippen LogP contribution in [0.3, 0.4) is 0 Å². The Morgan fingerprint density at radius 1 is 1.14 bits per heavy atom. The molecule has 0 amide bonds. The van der Waals surface area contributed by atoms with Crippen LogP contribution in [0, 0.1) is 0 Å². The molecular weight excluding hydrogens is 270 g/mol. The summed E-state index contributed by atoms with van der Waals surface area (Å²) >= 11 is 0. The summed E-state index contributed by atoms with van der Waals surface area (Å²) in [6.45, 7) is 2.08. The van der Waals surface area contributed by atoms with Gasteiger partial charge in [-0.2, -0.15) is 0 Å². The van der Waals surface area contributed by atoms with Gasteiger partial charge in [0.25, 0.3) is 0 Å². The highest BCUT2D eigenvalue weighted by molar-refractivity contribution is 5.67. The van der Waals surface area contributed by atoms with Gasteiger partial charge in [-0.3, -0.25) is 4.99 Å². The number of imidazole rings is 1. The molecule has 0 saturated carbocycles. The number of pyridine rings is 1. The maximum atomic E-state index is 4.51. The smallest absolute Gasteiger partial charge is 0.137 e. The van der Waals surface area contributed by atoms with Gasteiger partial charge < -0.3 is 4.40 Å². The molecule has 3 rings (SSSR count). The normalized spacial score (nSPS) is 11.9. The van der Waals surface area contributed by atoms with Gasteiger partial charge in [0.2, 0.25) is 0 Å². The first-order valence-electron chi connectivity index (χ1n) is 7.56. The van der Waals surface area contributed by atoms with Crippen LogP contribution in [0.5, 0.6) is 0 Å². The SMILES string of the molecule is CCC=N/C=C\Cc1cnc2cc(-c3ccccc3)ccn12. The summed E-state index contributed by atoms with van der Waals surface area (Å²) < 4.78 is 2.13. The molecule has 0 unspecified atom stereocenters. The van der Waals surface area contributed by atoms with Crippen molar-refractivity contribution in [3.05, 3.63) is 72.8 Å². The van der Waals surface area contributed by atoms with Crippen molar-refractivity contribution in [2.75, 3.05) is 0 Å². The lowest BCUT2D eigenvalue weighted by Crippen LogP contribution is -1.91. The maximum Gasteiger partial charge on any atom is 0.137 e. The Kier molecular flexibility index (Phi) is 4.44. The summed E-state index contributed by atoms with van der Waals surface area (Å²) in [4.78, 5) is 8.70. The Morgan fingerprint density at radius 3 is 2.82 bits per heavy atom. The maximum absolute atomic E-state index is 4.51. The van der Waals surface area contributed by atoms with Gasteiger partial charge in [-0.15, -0.1) is 0 Å². The summed E-state index contributed by atoms with van der Waals surface area (Å²) in [5, 5.41) is 0. The fourth-order valence-corrected chi connectivity index (χ4v) is 2.39. The number of aromatic nitrogens is 2. The first kappa shape index (κ1) is 14.3. The largest absolute Gasteiger partial charge is 0.304 e. The van der Waals surface area contributed by atoms with Crippen LogP contribution in [0.2, 0.25) is 0 Å². The molecule has 3 aromatic rings. The molecule has 1 aromatic carbocycles. The average molecular weight is 289 g/mol. The second kappa shape index (κ2) is 6.85. The molecule has 0 bridgehead atoms. The van der Waals surface area contributed by atoms with E-state index in [1.165, 1.54) is 11.1 Å². The van der Waals surface area contributed by atoms with E-state index >= 15 is 0 Å². The Hall–Kier alpha value is -2.68. The molecule has 22 heavy (non-hydrogen) atoms. The molecule has 3 nitrogen and oxygen atoms in total. The molecule has 0 spiro atoms. The van der Waals surface area contributed by atoms with Gasteiger partial charge >= 0.3 is 0 Å². The van der Waals surface area contributed by atoms with Gasteiger partial charge in [-0.25, -0.2) is 4.98 Å². The Labute approximate surface area is 130 Å². The zero-order valence-corrected chi connectivity index (χ0v) is 12.7. The molecule has 0 aliphatic heterocycles. The van der Waals surface area contributed by atoms with Gasteiger partial charge in [-0.1, -0.05) is 43.3 Å². The van der Waals surface area contributed by atoms with Crippen LogP contribution in [0.1, 0.15) is 19.0 Å². The highest BCUT2D eigenvalue weighted by atomic mass is 15.0. The Balaban J connectivity index is 1.84. The lowest BCUT2D eigenvalue weighted by atomic mass is 10.1. The molecule has 0 radical (unpaired) electrons. The molecule has 3 heteroatoms. The first-order chi connectivity index (χ1) is 10.9. The minimum absolute atomic E-state index is 0.826. The zero-order chi connectivity index (χ0) is 15.2. The predicted octanol–water partition coefficient (Wildman–Crippen LogP) is 4.54. The first-order valence-corrected chi connectivity index (χ1v) is 7.56. The number of benzene rings is 1. The topological polar surface area (TPSA) is 29.7 Å². The number of hydrogen-bond acceptors (Lipinski definition) is 2. The third-order valence-electron chi connectivity index (χ3n) is 3.50. The summed E-state index contributed by atoms with van der Waals surface area (Å²) in [6.07, 6.45) is 11.6. The molecule has 0 fully saturated rings. The van der Waals surface area contributed by atoms with Crippen molar-refractivity contribution in [2.45, 2.75) is 19.8 Å². The second-order valence-corrected chi connectivity index (χ2v) is 5.09. The fraction of sp³-hybridized carbons (Fsp3) is 0.158. The highest BCUT2D eigenvalue weighted by Gasteiger charge is 2.04. The van der Waals surface area contributed by atoms with Gasteiger partial charge in [-0.05, 0) is 29.7 Å². The van der Waals surface area contributed by atoms with Gasteiger partial charge in [0, 0.05) is 36.9 Å². The standard InChI is InChI=1S/C19H19N3/c1-2-11-20-12-6-9-18-15-21-19-14-17(10-13-22(18)19)16-7-4-3-5-8-16/h3-8,10-15H,2,9H2,1H3/b12-6-,20-11?. The molecule has 0 atom stereocenters. The minimum Gasteiger partial charge on any atom is -0.304 e. The number of allylic oxidation sites excluding steroid dienone is 1. The van der Waals surface area contributed by atoms with Crippen molar-refractivity contribution in [1.29, 1.82) is 0 Å². The lowest BCUT2D eigenvalue weighted by Gasteiger charge is -2.03. The van der Waals surface area contributed by atoms with E-state index in [0.717, 1.165) is 24.2 Å². The van der Waals surface area contributed by atoms with E-state index in [0.29, 0.717) is 0 Å². The van der Waals surface area contributed by atoms with E-state index in [9.17, 15) is 0 Å². The van der Waals surface area contributed by atoms with Crippen molar-refractivity contribution >= 4 is 11.9 Å². The van der Waals surface area contributed by atoms with Crippen molar-refractivity contribution < 1.29 is 0 Å². The van der Waals surface area contributed by atoms with E-state index in [-0.39, 0.29) is 0 Å². The zero-order valence-electron chi connectivity index (χ0n) is 12.7. The number of fused-ring (bicyclic) bond motifs is 1. The monoisotopic (exact) mass is 289 g/mol. The van der Waals surface area contributed by atoms with Crippen LogP contribution >= 0.6 is 0 Å². The van der Waals surface area contributed by atoms with E-state index in [2.05, 4.69) is 70.0 Å². The minimum atomic E-state index is 0.826. The van der Waals surface area contributed by atoms with Crippen LogP contribution in [0.25, 0.3) is 16.8 Å². The van der Waals surface area contributed by atoms with E-state index in [1.54, 1.807) is 0 Å². The van der Waals surface area contributed by atoms with Gasteiger partial charge in [0.1, 0.15) is 5.65 Å². The van der Waals surface area contributed by atoms with Crippen molar-refractivity contribution in [1.82, 2.24) is 9.38 Å². The van der Waals surface area contributed by atoms with Crippen LogP contribution < -0.4 is 0 Å². The molecule has 0 aliphatic rings. The quantitative estimate of drug-likeness (QED) is 0.634. The Morgan fingerprint density at radius 2 is 2.00 bits per heavy atom. The lowest BCUT2D eigenvalue weighted by molar-refractivity contribution is 1.05. The number of aliphatic imine (C=N–C) groups is 1. The van der Waals surface area contributed by atoms with Crippen LogP contribution in [0.15, 0.2) is 72.1 Å². The van der Waals surface area contributed by atoms with Crippen LogP contribution in [-0.4, -0.2) is 15.6 Å². The number of nitrogens with zero attached hydrogens (tertiary/aromatic N) is 3. The Bertz CT molecular complexity index is 798. The number of rotatable bonds is 5. The second-order valence-electron chi connectivity index (χ2n) is 5.09. The fourth-order valence-electron chi connectivity index (χ4n) is 2.39. The third-order valence-corrected chi connectivity index (χ3v) is 3.50. The molecule has 0 aliphatic carbocycles. The molecule has 0 N–H and O–H groups in total. The van der Waals surface area contributed by atoms with E-state index in [4.69, 9.17) is 0 Å². The highest BCUT2D eigenvalue weighted by Crippen LogP contribution is 2.21. The summed E-state index contributed by atoms with van der Waals surface area (Å²) in [7, 11) is 0. The van der Waals surface area contributed by atoms with Gasteiger partial charge in [0.05, 0.1) is 0 Å². The van der Waals surface area contributed by atoms with Crippen molar-refractivity contribution in [2.24, 2.45) is 4.99 Å². The van der Waals surface area contributed by atoms with Crippen molar-refractivity contribution in [3.8, 4) is 11.1 Å². The van der Waals surface area contributed by atoms with Crippen LogP contribution in [-0.2, 0) is 6.42 Å². The van der Waals surface area contributed by atoms with E-state index in [1.807, 2.05) is 24.7 Å². The average Bonchev–Trinajstić information content (AvgIpc) is 2.98. The predicted molar refractivity (Wildman–Crippen MR) is 92.3 cm³/mol. The van der Waals surface area contributed by atoms with Crippen LogP contribution in [0.4, 0.5) is 0 Å². The molecule has 2 aromatic heterocycles. The van der Waals surface area contributed by atoms with Crippen molar-refractivity contribution in [3.63, 3.8) is 0 Å².